The van der Waals surface area contributed by atoms with E-state index in [4.69, 9.17) is 4.74 Å². The van der Waals surface area contributed by atoms with Crippen molar-refractivity contribution in [3.63, 3.8) is 0 Å². The molecular weight excluding hydrogens is 438 g/mol. The molecule has 0 aliphatic carbocycles. The fourth-order valence-corrected chi connectivity index (χ4v) is 3.82. The van der Waals surface area contributed by atoms with Crippen LogP contribution in [0.2, 0.25) is 0 Å². The molecule has 0 radical (unpaired) electrons. The zero-order valence-corrected chi connectivity index (χ0v) is 18.4. The molecule has 0 atom stereocenters. The molecule has 8 nitrogen and oxygen atoms in total. The number of anilines is 1. The molecule has 3 rings (SSSR count). The molecular formula is C21H19N3O5S2. The van der Waals surface area contributed by atoms with Gasteiger partial charge < -0.3 is 4.74 Å². The summed E-state index contributed by atoms with van der Waals surface area (Å²) in [6.45, 7) is 1.42. The number of sulfonamides is 1. The maximum Gasteiger partial charge on any atom is 0.341 e. The highest BCUT2D eigenvalue weighted by Gasteiger charge is 2.17. The Bertz CT molecular complexity index is 1180. The molecule has 0 spiro atoms. The van der Waals surface area contributed by atoms with Crippen molar-refractivity contribution in [2.75, 3.05) is 17.6 Å². The number of ketones is 1. The van der Waals surface area contributed by atoms with Crippen LogP contribution in [0.4, 0.5) is 5.95 Å². The summed E-state index contributed by atoms with van der Waals surface area (Å²) in [5, 5.41) is 0. The lowest BCUT2D eigenvalue weighted by molar-refractivity contribution is 0.0474. The first-order chi connectivity index (χ1) is 14.8. The van der Waals surface area contributed by atoms with Crippen molar-refractivity contribution in [3.05, 3.63) is 77.6 Å². The van der Waals surface area contributed by atoms with Crippen LogP contribution in [0.15, 0.2) is 70.7 Å². The van der Waals surface area contributed by atoms with Gasteiger partial charge in [0.2, 0.25) is 5.95 Å². The van der Waals surface area contributed by atoms with Gasteiger partial charge in [0.05, 0.1) is 10.5 Å². The summed E-state index contributed by atoms with van der Waals surface area (Å²) in [4.78, 5) is 33.1. The molecule has 1 aromatic heterocycles. The van der Waals surface area contributed by atoms with Gasteiger partial charge in [0.1, 0.15) is 0 Å². The molecule has 0 saturated heterocycles. The SMILES string of the molecule is CSc1ccc(C(=O)COC(=O)c2cnc(NS(=O)(=O)c3ccc(C)cc3)nc2)cc1. The lowest BCUT2D eigenvalue weighted by Crippen LogP contribution is -2.17. The number of nitrogens with one attached hydrogen (secondary N) is 1. The summed E-state index contributed by atoms with van der Waals surface area (Å²) < 4.78 is 32.0. The molecule has 0 fully saturated rings. The number of carbonyl (C=O) groups is 2. The number of thioether (sulfide) groups is 1. The Morgan fingerprint density at radius 1 is 0.968 bits per heavy atom. The number of carbonyl (C=O) groups excluding carboxylic acids is 2. The smallest absolute Gasteiger partial charge is 0.341 e. The standard InChI is InChI=1S/C21H19N3O5S2/c1-14-3-9-18(10-4-14)31(27,28)24-21-22-11-16(12-23-21)20(26)29-13-19(25)15-5-7-17(30-2)8-6-15/h3-12H,13H2,1-2H3,(H,22,23,24). The zero-order valence-electron chi connectivity index (χ0n) is 16.7. The fourth-order valence-electron chi connectivity index (χ4n) is 2.46. The molecule has 0 bridgehead atoms. The predicted octanol–water partition coefficient (Wildman–Crippen LogP) is 3.35. The maximum absolute atomic E-state index is 12.4. The first-order valence-electron chi connectivity index (χ1n) is 9.04. The maximum atomic E-state index is 12.4. The molecule has 160 valence electrons. The minimum absolute atomic E-state index is 0.0104. The largest absolute Gasteiger partial charge is 0.454 e. The average molecular weight is 458 g/mol. The Kier molecular flexibility index (Phi) is 7.03. The van der Waals surface area contributed by atoms with Crippen molar-refractivity contribution in [3.8, 4) is 0 Å². The Hall–Kier alpha value is -3.24. The minimum Gasteiger partial charge on any atom is -0.454 e. The fraction of sp³-hybridized carbons (Fsp3) is 0.143. The van der Waals surface area contributed by atoms with Crippen LogP contribution < -0.4 is 4.72 Å². The first kappa shape index (κ1) is 22.4. The second kappa shape index (κ2) is 9.71. The van der Waals surface area contributed by atoms with Crippen LogP contribution in [0.1, 0.15) is 26.3 Å². The minimum atomic E-state index is -3.86. The zero-order chi connectivity index (χ0) is 22.4. The van der Waals surface area contributed by atoms with Crippen LogP contribution >= 0.6 is 11.8 Å². The Morgan fingerprint density at radius 3 is 2.16 bits per heavy atom. The molecule has 1 heterocycles. The molecule has 0 aliphatic heterocycles. The van der Waals surface area contributed by atoms with Crippen LogP contribution in [0.3, 0.4) is 0 Å². The van der Waals surface area contributed by atoms with E-state index in [9.17, 15) is 18.0 Å². The van der Waals surface area contributed by atoms with Crippen LogP contribution in [0, 0.1) is 6.92 Å². The number of esters is 1. The van der Waals surface area contributed by atoms with E-state index in [0.29, 0.717) is 5.56 Å². The highest BCUT2D eigenvalue weighted by atomic mass is 32.2. The van der Waals surface area contributed by atoms with Crippen LogP contribution in [-0.2, 0) is 14.8 Å². The van der Waals surface area contributed by atoms with Gasteiger partial charge in [0, 0.05) is 22.9 Å². The molecule has 10 heteroatoms. The van der Waals surface area contributed by atoms with Gasteiger partial charge in [0.15, 0.2) is 12.4 Å². The quantitative estimate of drug-likeness (QED) is 0.311. The van der Waals surface area contributed by atoms with Crippen LogP contribution in [0.25, 0.3) is 0 Å². The van der Waals surface area contributed by atoms with E-state index < -0.39 is 22.6 Å². The number of Topliss-reactive ketones (excluding diaryl/α,β-unsaturated/α-hetero) is 1. The van der Waals surface area contributed by atoms with Gasteiger partial charge in [0.25, 0.3) is 10.0 Å². The van der Waals surface area contributed by atoms with Crippen molar-refractivity contribution in [2.45, 2.75) is 16.7 Å². The van der Waals surface area contributed by atoms with Crippen molar-refractivity contribution in [1.29, 1.82) is 0 Å². The number of aryl methyl sites for hydroxylation is 1. The number of aromatic nitrogens is 2. The molecule has 2 aromatic carbocycles. The van der Waals surface area contributed by atoms with E-state index in [1.807, 2.05) is 25.3 Å². The Labute approximate surface area is 184 Å². The monoisotopic (exact) mass is 457 g/mol. The Balaban J connectivity index is 1.59. The number of rotatable bonds is 8. The summed E-state index contributed by atoms with van der Waals surface area (Å²) in [5.41, 5.74) is 1.35. The second-order valence-corrected chi connectivity index (χ2v) is 9.00. The van der Waals surface area contributed by atoms with Gasteiger partial charge in [-0.1, -0.05) is 29.8 Å². The average Bonchev–Trinajstić information content (AvgIpc) is 2.78. The third-order valence-corrected chi connectivity index (χ3v) is 6.28. The van der Waals surface area contributed by atoms with Crippen molar-refractivity contribution < 1.29 is 22.7 Å². The second-order valence-electron chi connectivity index (χ2n) is 6.44. The van der Waals surface area contributed by atoms with Gasteiger partial charge in [-0.2, -0.15) is 0 Å². The van der Waals surface area contributed by atoms with Gasteiger partial charge in [-0.05, 0) is 37.4 Å². The summed E-state index contributed by atoms with van der Waals surface area (Å²) in [7, 11) is -3.86. The van der Waals surface area contributed by atoms with Crippen molar-refractivity contribution >= 4 is 39.5 Å². The summed E-state index contributed by atoms with van der Waals surface area (Å²) >= 11 is 1.55. The van der Waals surface area contributed by atoms with Gasteiger partial charge in [-0.3, -0.25) is 4.79 Å². The van der Waals surface area contributed by atoms with Crippen LogP contribution in [0.5, 0.6) is 0 Å². The summed E-state index contributed by atoms with van der Waals surface area (Å²) in [6, 6.07) is 13.2. The number of ether oxygens (including phenoxy) is 1. The highest BCUT2D eigenvalue weighted by molar-refractivity contribution is 7.98. The van der Waals surface area contributed by atoms with E-state index in [0.717, 1.165) is 22.9 Å². The number of hydrogen-bond acceptors (Lipinski definition) is 8. The normalized spacial score (nSPS) is 11.0. The molecule has 0 amide bonds. The van der Waals surface area contributed by atoms with Gasteiger partial charge in [-0.15, -0.1) is 11.8 Å². The van der Waals surface area contributed by atoms with Gasteiger partial charge >= 0.3 is 5.97 Å². The first-order valence-corrected chi connectivity index (χ1v) is 11.8. The van der Waals surface area contributed by atoms with E-state index in [2.05, 4.69) is 14.7 Å². The van der Waals surface area contributed by atoms with Crippen molar-refractivity contribution in [1.82, 2.24) is 9.97 Å². The number of hydrogen-bond donors (Lipinski definition) is 1. The number of nitrogens with zero attached hydrogens (tertiary/aromatic N) is 2. The molecule has 31 heavy (non-hydrogen) atoms. The van der Waals surface area contributed by atoms with E-state index in [-0.39, 0.29) is 22.2 Å². The molecule has 1 N–H and O–H groups in total. The summed E-state index contributed by atoms with van der Waals surface area (Å²) in [5.74, 6) is -1.33. The number of benzene rings is 2. The lowest BCUT2D eigenvalue weighted by atomic mass is 10.1. The van der Waals surface area contributed by atoms with E-state index in [1.165, 1.54) is 12.1 Å². The van der Waals surface area contributed by atoms with E-state index in [1.54, 1.807) is 36.0 Å². The van der Waals surface area contributed by atoms with E-state index >= 15 is 0 Å². The predicted molar refractivity (Wildman–Crippen MR) is 117 cm³/mol. The third kappa shape index (κ3) is 5.89. The van der Waals surface area contributed by atoms with Gasteiger partial charge in [-0.25, -0.2) is 27.9 Å². The topological polar surface area (TPSA) is 115 Å². The van der Waals surface area contributed by atoms with Crippen LogP contribution in [-0.4, -0.2) is 43.0 Å². The molecule has 0 aliphatic rings. The summed E-state index contributed by atoms with van der Waals surface area (Å²) in [6.07, 6.45) is 4.18. The Morgan fingerprint density at radius 2 is 1.58 bits per heavy atom. The van der Waals surface area contributed by atoms with Crippen molar-refractivity contribution in [2.24, 2.45) is 0 Å². The molecule has 0 unspecified atom stereocenters. The third-order valence-electron chi connectivity index (χ3n) is 4.19. The lowest BCUT2D eigenvalue weighted by Gasteiger charge is -2.08. The molecule has 0 saturated carbocycles. The highest BCUT2D eigenvalue weighted by Crippen LogP contribution is 2.16. The molecule has 3 aromatic rings.